The van der Waals surface area contributed by atoms with E-state index >= 15 is 0 Å². The second-order valence-electron chi connectivity index (χ2n) is 4.84. The monoisotopic (exact) mass is 330 g/mol. The first-order valence-electron chi connectivity index (χ1n) is 6.77. The molecule has 1 heterocycles. The van der Waals surface area contributed by atoms with E-state index < -0.39 is 16.0 Å². The number of rotatable bonds is 6. The van der Waals surface area contributed by atoms with E-state index in [0.29, 0.717) is 5.25 Å². The van der Waals surface area contributed by atoms with Gasteiger partial charge in [0, 0.05) is 17.5 Å². The number of aromatic carboxylic acids is 1. The van der Waals surface area contributed by atoms with E-state index in [2.05, 4.69) is 16.6 Å². The molecule has 2 rings (SSSR count). The highest BCUT2D eigenvalue weighted by Gasteiger charge is 2.31. The highest BCUT2D eigenvalue weighted by molar-refractivity contribution is 8.00. The van der Waals surface area contributed by atoms with Crippen LogP contribution in [-0.4, -0.2) is 41.5 Å². The molecular formula is C13H18N2O4S2. The summed E-state index contributed by atoms with van der Waals surface area (Å²) in [5, 5.41) is 8.95. The molecule has 1 fully saturated rings. The maximum absolute atomic E-state index is 12.3. The molecule has 1 aromatic heterocycles. The van der Waals surface area contributed by atoms with Gasteiger partial charge in [-0.15, -0.1) is 0 Å². The number of pyridine rings is 1. The predicted molar refractivity (Wildman–Crippen MR) is 81.1 cm³/mol. The second-order valence-corrected chi connectivity index (χ2v) is 8.02. The number of aromatic nitrogens is 1. The van der Waals surface area contributed by atoms with Crippen molar-refractivity contribution in [2.24, 2.45) is 0 Å². The van der Waals surface area contributed by atoms with Crippen molar-refractivity contribution in [3.8, 4) is 0 Å². The standard InChI is InChI=1S/C13H18N2O4S2/c1-2-20-11-5-3-4-10(11)15-21(18,19)12-7-6-9(8-14-12)13(16)17/h6-8,10-11,15H,2-5H2,1H3,(H,16,17). The van der Waals surface area contributed by atoms with Gasteiger partial charge in [-0.1, -0.05) is 13.3 Å². The summed E-state index contributed by atoms with van der Waals surface area (Å²) in [5.74, 6) is -0.177. The van der Waals surface area contributed by atoms with Gasteiger partial charge in [-0.25, -0.2) is 22.9 Å². The first kappa shape index (κ1) is 16.3. The van der Waals surface area contributed by atoms with Gasteiger partial charge >= 0.3 is 5.97 Å². The van der Waals surface area contributed by atoms with Gasteiger partial charge in [0.15, 0.2) is 5.03 Å². The van der Waals surface area contributed by atoms with Crippen LogP contribution in [0.1, 0.15) is 36.5 Å². The summed E-state index contributed by atoms with van der Waals surface area (Å²) in [6, 6.07) is 2.39. The Morgan fingerprint density at radius 3 is 2.81 bits per heavy atom. The average Bonchev–Trinajstić information content (AvgIpc) is 2.86. The number of nitrogens with zero attached hydrogens (tertiary/aromatic N) is 1. The topological polar surface area (TPSA) is 96.4 Å². The summed E-state index contributed by atoms with van der Waals surface area (Å²) in [6.45, 7) is 2.06. The van der Waals surface area contributed by atoms with Gasteiger partial charge in [0.2, 0.25) is 0 Å². The summed E-state index contributed by atoms with van der Waals surface area (Å²) in [4.78, 5) is 14.5. The van der Waals surface area contributed by atoms with Gasteiger partial charge in [0.05, 0.1) is 5.56 Å². The lowest BCUT2D eigenvalue weighted by Gasteiger charge is -2.19. The molecule has 0 aromatic carbocycles. The molecular weight excluding hydrogens is 312 g/mol. The molecule has 0 radical (unpaired) electrons. The Hall–Kier alpha value is -1.12. The molecule has 1 aliphatic rings. The third kappa shape index (κ3) is 3.96. The third-order valence-electron chi connectivity index (χ3n) is 3.40. The number of sulfonamides is 1. The summed E-state index contributed by atoms with van der Waals surface area (Å²) in [5.41, 5.74) is -0.0331. The van der Waals surface area contributed by atoms with Gasteiger partial charge in [-0.2, -0.15) is 11.8 Å². The van der Waals surface area contributed by atoms with Crippen molar-refractivity contribution in [1.29, 1.82) is 0 Å². The molecule has 0 spiro atoms. The van der Waals surface area contributed by atoms with E-state index in [1.54, 1.807) is 11.8 Å². The molecule has 2 atom stereocenters. The molecule has 2 N–H and O–H groups in total. The van der Waals surface area contributed by atoms with Gasteiger partial charge < -0.3 is 5.11 Å². The molecule has 1 aliphatic carbocycles. The minimum absolute atomic E-state index is 0.0331. The fourth-order valence-corrected chi connectivity index (χ4v) is 4.92. The maximum Gasteiger partial charge on any atom is 0.337 e. The Kier molecular flexibility index (Phi) is 5.23. The van der Waals surface area contributed by atoms with Crippen molar-refractivity contribution in [3.63, 3.8) is 0 Å². The molecule has 6 nitrogen and oxygen atoms in total. The summed E-state index contributed by atoms with van der Waals surface area (Å²) >= 11 is 1.76. The lowest BCUT2D eigenvalue weighted by molar-refractivity contribution is 0.0696. The highest BCUT2D eigenvalue weighted by atomic mass is 32.2. The van der Waals surface area contributed by atoms with Crippen LogP contribution in [0.4, 0.5) is 0 Å². The van der Waals surface area contributed by atoms with Crippen LogP contribution in [0, 0.1) is 0 Å². The molecule has 8 heteroatoms. The Morgan fingerprint density at radius 1 is 1.48 bits per heavy atom. The van der Waals surface area contributed by atoms with Crippen LogP contribution in [0.3, 0.4) is 0 Å². The minimum atomic E-state index is -3.70. The zero-order valence-electron chi connectivity index (χ0n) is 11.7. The minimum Gasteiger partial charge on any atom is -0.478 e. The number of nitrogens with one attached hydrogen (secondary N) is 1. The van der Waals surface area contributed by atoms with Crippen molar-refractivity contribution in [2.45, 2.75) is 42.5 Å². The number of hydrogen-bond acceptors (Lipinski definition) is 5. The van der Waals surface area contributed by atoms with Crippen LogP contribution in [0.2, 0.25) is 0 Å². The van der Waals surface area contributed by atoms with E-state index in [9.17, 15) is 13.2 Å². The van der Waals surface area contributed by atoms with E-state index in [0.717, 1.165) is 31.2 Å². The molecule has 1 aromatic rings. The third-order valence-corrected chi connectivity index (χ3v) is 6.13. The van der Waals surface area contributed by atoms with Crippen molar-refractivity contribution >= 4 is 27.8 Å². The molecule has 2 unspecified atom stereocenters. The van der Waals surface area contributed by atoms with Crippen LogP contribution in [0.25, 0.3) is 0 Å². The van der Waals surface area contributed by atoms with Gasteiger partial charge in [0.1, 0.15) is 0 Å². The van der Waals surface area contributed by atoms with Crippen LogP contribution < -0.4 is 4.72 Å². The predicted octanol–water partition coefficient (Wildman–Crippen LogP) is 1.73. The number of carboxylic acid groups (broad SMARTS) is 1. The smallest absolute Gasteiger partial charge is 0.337 e. The fraction of sp³-hybridized carbons (Fsp3) is 0.538. The number of carboxylic acids is 1. The normalized spacial score (nSPS) is 22.3. The van der Waals surface area contributed by atoms with Crippen molar-refractivity contribution in [1.82, 2.24) is 9.71 Å². The first-order valence-corrected chi connectivity index (χ1v) is 9.30. The summed E-state index contributed by atoms with van der Waals surface area (Å²) in [6.07, 6.45) is 3.90. The van der Waals surface area contributed by atoms with Gasteiger partial charge in [0.25, 0.3) is 10.0 Å². The number of carbonyl (C=O) groups is 1. The van der Waals surface area contributed by atoms with E-state index in [4.69, 9.17) is 5.11 Å². The number of thioether (sulfide) groups is 1. The lowest BCUT2D eigenvalue weighted by Crippen LogP contribution is -2.39. The Labute approximate surface area is 128 Å². The zero-order valence-corrected chi connectivity index (χ0v) is 13.3. The molecule has 0 amide bonds. The van der Waals surface area contributed by atoms with Gasteiger partial charge in [-0.3, -0.25) is 0 Å². The summed E-state index contributed by atoms with van der Waals surface area (Å²) in [7, 11) is -3.70. The fourth-order valence-electron chi connectivity index (χ4n) is 2.40. The molecule has 21 heavy (non-hydrogen) atoms. The van der Waals surface area contributed by atoms with Crippen molar-refractivity contribution in [3.05, 3.63) is 23.9 Å². The molecule has 0 bridgehead atoms. The first-order chi connectivity index (χ1) is 9.94. The van der Waals surface area contributed by atoms with E-state index in [-0.39, 0.29) is 16.6 Å². The lowest BCUT2D eigenvalue weighted by atomic mass is 10.3. The van der Waals surface area contributed by atoms with Gasteiger partial charge in [-0.05, 0) is 30.7 Å². The quantitative estimate of drug-likeness (QED) is 0.824. The zero-order chi connectivity index (χ0) is 15.5. The maximum atomic E-state index is 12.3. The van der Waals surface area contributed by atoms with Crippen LogP contribution in [-0.2, 0) is 10.0 Å². The highest BCUT2D eigenvalue weighted by Crippen LogP contribution is 2.30. The molecule has 0 saturated heterocycles. The van der Waals surface area contributed by atoms with E-state index in [1.807, 2.05) is 0 Å². The Balaban J connectivity index is 2.12. The molecule has 0 aliphatic heterocycles. The molecule has 1 saturated carbocycles. The van der Waals surface area contributed by atoms with Crippen molar-refractivity contribution < 1.29 is 18.3 Å². The van der Waals surface area contributed by atoms with Crippen molar-refractivity contribution in [2.75, 3.05) is 5.75 Å². The largest absolute Gasteiger partial charge is 0.478 e. The van der Waals surface area contributed by atoms with Crippen LogP contribution in [0.15, 0.2) is 23.4 Å². The SMILES string of the molecule is CCSC1CCCC1NS(=O)(=O)c1ccc(C(=O)O)cn1. The average molecular weight is 330 g/mol. The Morgan fingerprint density at radius 2 is 2.24 bits per heavy atom. The van der Waals surface area contributed by atoms with Crippen LogP contribution in [0.5, 0.6) is 0 Å². The van der Waals surface area contributed by atoms with Crippen LogP contribution >= 0.6 is 11.8 Å². The van der Waals surface area contributed by atoms with E-state index in [1.165, 1.54) is 12.1 Å². The number of hydrogen-bond donors (Lipinski definition) is 2. The summed E-state index contributed by atoms with van der Waals surface area (Å²) < 4.78 is 27.3. The second kappa shape index (κ2) is 6.76. The molecule has 116 valence electrons. The Bertz CT molecular complexity index is 601.